The second-order valence-corrected chi connectivity index (χ2v) is 2.14. The Morgan fingerprint density at radius 2 is 2.44 bits per heavy atom. The van der Waals surface area contributed by atoms with E-state index in [1.54, 1.807) is 7.11 Å². The van der Waals surface area contributed by atoms with Crippen LogP contribution in [0.15, 0.2) is 0 Å². The van der Waals surface area contributed by atoms with Crippen molar-refractivity contribution < 1.29 is 13.6 Å². The monoisotopic (exact) mass is 131 g/mol. The van der Waals surface area contributed by atoms with Crippen LogP contribution < -0.4 is 0 Å². The van der Waals surface area contributed by atoms with Crippen LogP contribution >= 0.6 is 0 Å². The summed E-state index contributed by atoms with van der Waals surface area (Å²) in [5.74, 6) is 0. The molecule has 0 bridgehead atoms. The highest BCUT2D eigenvalue weighted by molar-refractivity contribution is 6.37. The van der Waals surface area contributed by atoms with Crippen LogP contribution in [0.3, 0.4) is 0 Å². The molecule has 0 aliphatic carbocycles. The third-order valence-electron chi connectivity index (χ3n) is 1.39. The minimum Gasteiger partial charge on any atom is -0.478 e. The maximum atomic E-state index is 5.21. The van der Waals surface area contributed by atoms with E-state index in [9.17, 15) is 0 Å². The SMILES string of the molecule is COB1OCCC[O+]1C. The molecule has 3 nitrogen and oxygen atoms in total. The summed E-state index contributed by atoms with van der Waals surface area (Å²) in [6.45, 7) is 1.79. The lowest BCUT2D eigenvalue weighted by molar-refractivity contribution is -0.0681. The van der Waals surface area contributed by atoms with Crippen LogP contribution in [0.4, 0.5) is 0 Å². The second kappa shape index (κ2) is 3.20. The zero-order valence-electron chi connectivity index (χ0n) is 5.92. The van der Waals surface area contributed by atoms with Gasteiger partial charge in [0, 0.05) is 20.1 Å². The molecule has 9 heavy (non-hydrogen) atoms. The summed E-state index contributed by atoms with van der Waals surface area (Å²) in [6, 6.07) is 0. The molecule has 1 saturated heterocycles. The van der Waals surface area contributed by atoms with E-state index in [1.165, 1.54) is 0 Å². The molecule has 0 saturated carbocycles. The Kier molecular flexibility index (Phi) is 2.51. The molecule has 0 aromatic rings. The first kappa shape index (κ1) is 7.06. The summed E-state index contributed by atoms with van der Waals surface area (Å²) in [5, 5.41) is 0. The zero-order valence-corrected chi connectivity index (χ0v) is 5.92. The lowest BCUT2D eigenvalue weighted by Gasteiger charge is -2.22. The number of hydrogen-bond donors (Lipinski definition) is 0. The Morgan fingerprint density at radius 3 is 2.89 bits per heavy atom. The van der Waals surface area contributed by atoms with E-state index in [-0.39, 0.29) is 7.32 Å². The third-order valence-corrected chi connectivity index (χ3v) is 1.39. The van der Waals surface area contributed by atoms with Crippen LogP contribution in [0.1, 0.15) is 6.42 Å². The quantitative estimate of drug-likeness (QED) is 0.375. The fourth-order valence-electron chi connectivity index (χ4n) is 0.911. The zero-order chi connectivity index (χ0) is 6.69. The lowest BCUT2D eigenvalue weighted by atomic mass is 10.2. The van der Waals surface area contributed by atoms with Crippen molar-refractivity contribution in [1.82, 2.24) is 0 Å². The van der Waals surface area contributed by atoms with E-state index in [0.717, 1.165) is 19.6 Å². The average molecular weight is 131 g/mol. The van der Waals surface area contributed by atoms with Gasteiger partial charge in [-0.25, -0.2) is 0 Å². The van der Waals surface area contributed by atoms with Crippen molar-refractivity contribution in [3.63, 3.8) is 0 Å². The highest BCUT2D eigenvalue weighted by Gasteiger charge is 2.39. The van der Waals surface area contributed by atoms with Gasteiger partial charge in [0.15, 0.2) is 0 Å². The van der Waals surface area contributed by atoms with Crippen LogP contribution in [-0.2, 0) is 13.6 Å². The Morgan fingerprint density at radius 1 is 1.67 bits per heavy atom. The van der Waals surface area contributed by atoms with Gasteiger partial charge in [-0.1, -0.05) is 0 Å². The van der Waals surface area contributed by atoms with E-state index in [2.05, 4.69) is 4.28 Å². The maximum Gasteiger partial charge on any atom is 0.890 e. The molecule has 0 radical (unpaired) electrons. The molecule has 1 aliphatic rings. The van der Waals surface area contributed by atoms with Crippen molar-refractivity contribution in [3.05, 3.63) is 0 Å². The molecule has 1 fully saturated rings. The first-order valence-electron chi connectivity index (χ1n) is 3.10. The molecule has 0 aromatic carbocycles. The van der Waals surface area contributed by atoms with E-state index < -0.39 is 0 Å². The average Bonchev–Trinajstić information content (AvgIpc) is 1.89. The number of rotatable bonds is 1. The molecule has 0 spiro atoms. The molecule has 0 aromatic heterocycles. The molecule has 0 N–H and O–H groups in total. The molecule has 0 amide bonds. The van der Waals surface area contributed by atoms with E-state index in [4.69, 9.17) is 9.31 Å². The van der Waals surface area contributed by atoms with Crippen molar-refractivity contribution in [3.8, 4) is 0 Å². The molecule has 1 heterocycles. The van der Waals surface area contributed by atoms with Crippen molar-refractivity contribution >= 4 is 7.32 Å². The number of hydrogen-bond acceptors (Lipinski definition) is 2. The minimum absolute atomic E-state index is 0.196. The van der Waals surface area contributed by atoms with Crippen molar-refractivity contribution in [1.29, 1.82) is 0 Å². The largest absolute Gasteiger partial charge is 0.890 e. The third kappa shape index (κ3) is 1.68. The molecule has 4 heteroatoms. The molecule has 1 aliphatic heterocycles. The Hall–Kier alpha value is -0.0551. The first-order chi connectivity index (χ1) is 4.34. The van der Waals surface area contributed by atoms with Gasteiger partial charge >= 0.3 is 7.32 Å². The summed E-state index contributed by atoms with van der Waals surface area (Å²) >= 11 is 0. The summed E-state index contributed by atoms with van der Waals surface area (Å²) < 4.78 is 13.0. The van der Waals surface area contributed by atoms with Gasteiger partial charge in [-0.2, -0.15) is 0 Å². The topological polar surface area (TPSA) is 21.2 Å². The van der Waals surface area contributed by atoms with E-state index in [1.807, 2.05) is 7.11 Å². The van der Waals surface area contributed by atoms with Gasteiger partial charge in [0.25, 0.3) is 0 Å². The van der Waals surface area contributed by atoms with Crippen LogP contribution in [0.5, 0.6) is 0 Å². The van der Waals surface area contributed by atoms with Crippen molar-refractivity contribution in [2.75, 3.05) is 27.4 Å². The Bertz CT molecular complexity index is 88.3. The van der Waals surface area contributed by atoms with Gasteiger partial charge in [-0.3, -0.25) is 0 Å². The minimum atomic E-state index is -0.196. The van der Waals surface area contributed by atoms with Crippen LogP contribution in [0.25, 0.3) is 0 Å². The van der Waals surface area contributed by atoms with Gasteiger partial charge in [0.05, 0.1) is 0 Å². The molecule has 52 valence electrons. The molecule has 0 unspecified atom stereocenters. The Labute approximate surface area is 55.8 Å². The first-order valence-corrected chi connectivity index (χ1v) is 3.10. The van der Waals surface area contributed by atoms with Gasteiger partial charge in [-0.15, -0.1) is 0 Å². The normalized spacial score (nSPS) is 22.7. The van der Waals surface area contributed by atoms with Crippen LogP contribution in [-0.4, -0.2) is 34.8 Å². The predicted molar refractivity (Wildman–Crippen MR) is 35.2 cm³/mol. The lowest BCUT2D eigenvalue weighted by Crippen LogP contribution is -2.39. The summed E-state index contributed by atoms with van der Waals surface area (Å²) in [7, 11) is 3.35. The fourth-order valence-corrected chi connectivity index (χ4v) is 0.911. The van der Waals surface area contributed by atoms with Crippen LogP contribution in [0.2, 0.25) is 0 Å². The second-order valence-electron chi connectivity index (χ2n) is 2.14. The van der Waals surface area contributed by atoms with Crippen molar-refractivity contribution in [2.45, 2.75) is 6.42 Å². The maximum absolute atomic E-state index is 5.21. The van der Waals surface area contributed by atoms with Gasteiger partial charge in [-0.05, 0) is 0 Å². The fraction of sp³-hybridized carbons (Fsp3) is 1.00. The molecule has 1 rings (SSSR count). The molecular weight excluding hydrogens is 119 g/mol. The Balaban J connectivity index is 2.30. The van der Waals surface area contributed by atoms with E-state index >= 15 is 0 Å². The van der Waals surface area contributed by atoms with Gasteiger partial charge in [0.2, 0.25) is 0 Å². The van der Waals surface area contributed by atoms with Gasteiger partial charge < -0.3 is 13.6 Å². The highest BCUT2D eigenvalue weighted by atomic mass is 16.8. The van der Waals surface area contributed by atoms with Crippen molar-refractivity contribution in [2.24, 2.45) is 0 Å². The van der Waals surface area contributed by atoms with Crippen LogP contribution in [0, 0.1) is 0 Å². The summed E-state index contributed by atoms with van der Waals surface area (Å²) in [5.41, 5.74) is 0. The highest BCUT2D eigenvalue weighted by Crippen LogP contribution is 2.07. The standard InChI is InChI=1S/C5H12BO3/c1-7-6-8-4-3-5-9(6)2/h3-5H2,1-2H3/q+1. The molecule has 0 atom stereocenters. The molecular formula is C5H12BO3+. The predicted octanol–water partition coefficient (Wildman–Crippen LogP) is 0.220. The van der Waals surface area contributed by atoms with E-state index in [0.29, 0.717) is 0 Å². The summed E-state index contributed by atoms with van der Waals surface area (Å²) in [6.07, 6.45) is 1.07. The smallest absolute Gasteiger partial charge is 0.478 e. The van der Waals surface area contributed by atoms with Gasteiger partial charge in [0.1, 0.15) is 13.7 Å². The summed E-state index contributed by atoms with van der Waals surface area (Å²) in [4.78, 5) is 0.